The molecule has 1 fully saturated rings. The summed E-state index contributed by atoms with van der Waals surface area (Å²) in [5.41, 5.74) is -1.03. The number of hydrogen-bond acceptors (Lipinski definition) is 5. The highest BCUT2D eigenvalue weighted by atomic mass is 32.2. The average molecular weight is 435 g/mol. The van der Waals surface area contributed by atoms with Gasteiger partial charge in [0.1, 0.15) is 6.23 Å². The Morgan fingerprint density at radius 3 is 2.50 bits per heavy atom. The van der Waals surface area contributed by atoms with Gasteiger partial charge in [0, 0.05) is 12.2 Å². The van der Waals surface area contributed by atoms with Crippen molar-refractivity contribution in [2.24, 2.45) is 0 Å². The van der Waals surface area contributed by atoms with Crippen LogP contribution in [0.15, 0.2) is 47.4 Å². The zero-order valence-corrected chi connectivity index (χ0v) is 16.5. The van der Waals surface area contributed by atoms with Gasteiger partial charge in [-0.15, -0.1) is 0 Å². The zero-order valence-electron chi connectivity index (χ0n) is 15.7. The molecule has 0 N–H and O–H groups in total. The highest BCUT2D eigenvalue weighted by Gasteiger charge is 2.37. The van der Waals surface area contributed by atoms with Crippen LogP contribution >= 0.6 is 0 Å². The van der Waals surface area contributed by atoms with Crippen LogP contribution in [-0.2, 0) is 20.8 Å². The minimum absolute atomic E-state index is 0.0438. The topological polar surface area (TPSA) is 74.8 Å². The van der Waals surface area contributed by atoms with Gasteiger partial charge >= 0.3 is 6.18 Å². The number of benzene rings is 2. The van der Waals surface area contributed by atoms with Crippen LogP contribution in [0.4, 0.5) is 24.5 Å². The highest BCUT2D eigenvalue weighted by molar-refractivity contribution is 7.91. The summed E-state index contributed by atoms with van der Waals surface area (Å²) in [6, 6.07) is 10.4. The molecule has 156 valence electrons. The van der Waals surface area contributed by atoms with Crippen molar-refractivity contribution >= 4 is 21.2 Å². The zero-order chi connectivity index (χ0) is 22.1. The van der Waals surface area contributed by atoms with Crippen LogP contribution in [0.3, 0.4) is 0 Å². The van der Waals surface area contributed by atoms with Gasteiger partial charge in [0.2, 0.25) is 0 Å². The third-order valence-electron chi connectivity index (χ3n) is 4.72. The lowest BCUT2D eigenvalue weighted by atomic mass is 10.1. The number of hydrogen-bond donors (Lipinski definition) is 0. The summed E-state index contributed by atoms with van der Waals surface area (Å²) in [4.78, 5) is 4.78. The van der Waals surface area contributed by atoms with Crippen LogP contribution in [0.2, 0.25) is 0 Å². The first kappa shape index (κ1) is 21.6. The molecule has 1 saturated heterocycles. The summed E-state index contributed by atoms with van der Waals surface area (Å²) in [7, 11) is -3.72. The van der Waals surface area contributed by atoms with E-state index < -0.39 is 39.5 Å². The maximum Gasteiger partial charge on any atom is 0.417 e. The molecule has 0 aromatic heterocycles. The van der Waals surface area contributed by atoms with Crippen LogP contribution in [0.25, 0.3) is 4.85 Å². The molecular weight excluding hydrogens is 419 g/mol. The Labute approximate surface area is 171 Å². The lowest BCUT2D eigenvalue weighted by Crippen LogP contribution is -2.29. The van der Waals surface area contributed by atoms with E-state index in [-0.39, 0.29) is 22.9 Å². The standard InChI is InChI=1S/C20H16F3N3O3S/c1-13-26(16-6-3-14(10-24)19(9-16)20(21,22)23)11-17(29-13)12-30(27,28)18-7-4-15(25-2)5-8-18/h3-9,13,17H,11-12H2,1H3/t13-,17+/m1/s1. The molecule has 0 bridgehead atoms. The fourth-order valence-electron chi connectivity index (χ4n) is 3.28. The van der Waals surface area contributed by atoms with Gasteiger partial charge in [0.25, 0.3) is 0 Å². The normalized spacial score (nSPS) is 19.3. The van der Waals surface area contributed by atoms with E-state index in [4.69, 9.17) is 16.6 Å². The van der Waals surface area contributed by atoms with Gasteiger partial charge in [0.05, 0.1) is 40.5 Å². The first-order valence-electron chi connectivity index (χ1n) is 8.79. The fraction of sp³-hybridized carbons (Fsp3) is 0.300. The smallest absolute Gasteiger partial charge is 0.353 e. The van der Waals surface area contributed by atoms with E-state index in [1.807, 2.05) is 0 Å². The molecule has 2 atom stereocenters. The maximum absolute atomic E-state index is 13.2. The van der Waals surface area contributed by atoms with Crippen LogP contribution in [-0.4, -0.2) is 33.0 Å². The molecule has 1 aliphatic heterocycles. The van der Waals surface area contributed by atoms with Crippen molar-refractivity contribution in [1.82, 2.24) is 0 Å². The summed E-state index contributed by atoms with van der Waals surface area (Å²) in [6.07, 6.45) is -6.09. The lowest BCUT2D eigenvalue weighted by molar-refractivity contribution is -0.137. The molecule has 0 unspecified atom stereocenters. The summed E-state index contributed by atoms with van der Waals surface area (Å²) in [5.74, 6) is -0.354. The minimum atomic E-state index is -4.69. The van der Waals surface area contributed by atoms with E-state index >= 15 is 0 Å². The number of rotatable bonds is 4. The van der Waals surface area contributed by atoms with Gasteiger partial charge < -0.3 is 9.64 Å². The molecule has 0 radical (unpaired) electrons. The maximum atomic E-state index is 13.2. The molecular formula is C20H16F3N3O3S. The Bertz CT molecular complexity index is 1130. The minimum Gasteiger partial charge on any atom is -0.353 e. The Hall–Kier alpha value is -3.08. The first-order valence-corrected chi connectivity index (χ1v) is 10.4. The Morgan fingerprint density at radius 1 is 1.27 bits per heavy atom. The van der Waals surface area contributed by atoms with Crippen molar-refractivity contribution in [3.8, 4) is 6.07 Å². The van der Waals surface area contributed by atoms with E-state index in [0.717, 1.165) is 12.1 Å². The van der Waals surface area contributed by atoms with Gasteiger partial charge in [0.15, 0.2) is 15.5 Å². The highest BCUT2D eigenvalue weighted by Crippen LogP contribution is 2.36. The van der Waals surface area contributed by atoms with Crippen molar-refractivity contribution in [2.45, 2.75) is 30.3 Å². The summed E-state index contributed by atoms with van der Waals surface area (Å²) < 4.78 is 70.7. The Balaban J connectivity index is 1.81. The van der Waals surface area contributed by atoms with Gasteiger partial charge in [-0.25, -0.2) is 13.3 Å². The molecule has 30 heavy (non-hydrogen) atoms. The molecule has 1 heterocycles. The lowest BCUT2D eigenvalue weighted by Gasteiger charge is -2.23. The van der Waals surface area contributed by atoms with E-state index in [1.165, 1.54) is 41.3 Å². The second-order valence-electron chi connectivity index (χ2n) is 6.74. The Morgan fingerprint density at radius 2 is 1.93 bits per heavy atom. The van der Waals surface area contributed by atoms with Gasteiger partial charge in [-0.2, -0.15) is 18.4 Å². The number of sulfone groups is 1. The molecule has 0 aliphatic carbocycles. The van der Waals surface area contributed by atoms with Crippen molar-refractivity contribution in [1.29, 1.82) is 5.26 Å². The monoisotopic (exact) mass is 435 g/mol. The van der Waals surface area contributed by atoms with Crippen LogP contribution in [0.1, 0.15) is 18.1 Å². The predicted octanol–water partition coefficient (Wildman–Crippen LogP) is 4.15. The molecule has 2 aromatic rings. The van der Waals surface area contributed by atoms with Crippen LogP contribution in [0, 0.1) is 17.9 Å². The molecule has 0 spiro atoms. The third-order valence-corrected chi connectivity index (χ3v) is 6.52. The molecule has 6 nitrogen and oxygen atoms in total. The number of anilines is 1. The average Bonchev–Trinajstić information content (AvgIpc) is 3.06. The number of nitrogens with zero attached hydrogens (tertiary/aromatic N) is 3. The SMILES string of the molecule is [C-]#[N+]c1ccc(S(=O)(=O)C[C@@H]2CN(c3ccc(C#N)c(C(F)(F)F)c3)[C@@H](C)O2)cc1. The number of halogens is 3. The quantitative estimate of drug-likeness (QED) is 0.675. The van der Waals surface area contributed by atoms with E-state index in [0.29, 0.717) is 5.69 Å². The molecule has 1 aliphatic rings. The number of ether oxygens (including phenoxy) is 1. The third kappa shape index (κ3) is 4.40. The van der Waals surface area contributed by atoms with E-state index in [2.05, 4.69) is 4.85 Å². The summed E-state index contributed by atoms with van der Waals surface area (Å²) in [5, 5.41) is 8.93. The van der Waals surface area contributed by atoms with Crippen LogP contribution < -0.4 is 4.90 Å². The van der Waals surface area contributed by atoms with Crippen molar-refractivity contribution in [2.75, 3.05) is 17.2 Å². The number of alkyl halides is 3. The molecule has 10 heteroatoms. The van der Waals surface area contributed by atoms with Crippen LogP contribution in [0.5, 0.6) is 0 Å². The van der Waals surface area contributed by atoms with Crippen molar-refractivity contribution in [3.63, 3.8) is 0 Å². The number of nitriles is 1. The largest absolute Gasteiger partial charge is 0.417 e. The molecule has 0 saturated carbocycles. The summed E-state index contributed by atoms with van der Waals surface area (Å²) >= 11 is 0. The van der Waals surface area contributed by atoms with Gasteiger partial charge in [-0.3, -0.25) is 0 Å². The van der Waals surface area contributed by atoms with Crippen molar-refractivity contribution in [3.05, 3.63) is 65.0 Å². The van der Waals surface area contributed by atoms with E-state index in [9.17, 15) is 21.6 Å². The predicted molar refractivity (Wildman–Crippen MR) is 103 cm³/mol. The fourth-order valence-corrected chi connectivity index (χ4v) is 4.70. The summed E-state index contributed by atoms with van der Waals surface area (Å²) in [6.45, 7) is 8.61. The van der Waals surface area contributed by atoms with E-state index in [1.54, 1.807) is 6.92 Å². The van der Waals surface area contributed by atoms with Gasteiger partial charge in [-0.05, 0) is 25.1 Å². The van der Waals surface area contributed by atoms with Crippen molar-refractivity contribution < 1.29 is 26.3 Å². The second kappa shape index (κ2) is 7.98. The van der Waals surface area contributed by atoms with Gasteiger partial charge in [-0.1, -0.05) is 24.3 Å². The molecule has 3 rings (SSSR count). The molecule has 2 aromatic carbocycles. The second-order valence-corrected chi connectivity index (χ2v) is 8.77. The first-order chi connectivity index (χ1) is 14.0. The Kier molecular flexibility index (Phi) is 5.75. The molecule has 0 amide bonds.